The Morgan fingerprint density at radius 3 is 2.71 bits per heavy atom. The van der Waals surface area contributed by atoms with E-state index in [1.807, 2.05) is 36.9 Å². The molecule has 0 aliphatic carbocycles. The number of hydrogen-bond donors (Lipinski definition) is 1. The van der Waals surface area contributed by atoms with Gasteiger partial charge in [0, 0.05) is 30.7 Å². The largest absolute Gasteiger partial charge is 0.399 e. The zero-order valence-electron chi connectivity index (χ0n) is 8.36. The molecule has 14 heavy (non-hydrogen) atoms. The summed E-state index contributed by atoms with van der Waals surface area (Å²) in [6.07, 6.45) is 3.72. The van der Waals surface area contributed by atoms with Gasteiger partial charge in [-0.05, 0) is 30.7 Å². The van der Waals surface area contributed by atoms with Crippen LogP contribution in [0.4, 0.5) is 5.69 Å². The van der Waals surface area contributed by atoms with Gasteiger partial charge in [-0.15, -0.1) is 0 Å². The predicted octanol–water partition coefficient (Wildman–Crippen LogP) is 1.98. The van der Waals surface area contributed by atoms with Gasteiger partial charge < -0.3 is 10.3 Å². The van der Waals surface area contributed by atoms with Gasteiger partial charge in [0.05, 0.1) is 0 Å². The minimum absolute atomic E-state index is 0.822. The van der Waals surface area contributed by atoms with Crippen molar-refractivity contribution in [3.05, 3.63) is 36.2 Å². The molecule has 0 unspecified atom stereocenters. The molecular formula is C11H13N3. The highest BCUT2D eigenvalue weighted by Crippen LogP contribution is 2.21. The molecule has 2 aromatic rings. The minimum Gasteiger partial charge on any atom is -0.399 e. The van der Waals surface area contributed by atoms with Gasteiger partial charge in [-0.2, -0.15) is 0 Å². The quantitative estimate of drug-likeness (QED) is 0.694. The average molecular weight is 187 g/mol. The molecule has 0 aliphatic rings. The van der Waals surface area contributed by atoms with Crippen LogP contribution in [0.3, 0.4) is 0 Å². The van der Waals surface area contributed by atoms with E-state index < -0.39 is 0 Å². The highest BCUT2D eigenvalue weighted by molar-refractivity contribution is 5.62. The Bertz CT molecular complexity index is 457. The third-order valence-corrected chi connectivity index (χ3v) is 2.35. The molecule has 0 radical (unpaired) electrons. The fourth-order valence-electron chi connectivity index (χ4n) is 1.46. The lowest BCUT2D eigenvalue weighted by Crippen LogP contribution is -1.94. The van der Waals surface area contributed by atoms with E-state index in [0.717, 1.165) is 22.6 Å². The smallest absolute Gasteiger partial charge is 0.139 e. The topological polar surface area (TPSA) is 43.8 Å². The highest BCUT2D eigenvalue weighted by atomic mass is 15.0. The van der Waals surface area contributed by atoms with E-state index in [1.54, 1.807) is 6.20 Å². The van der Waals surface area contributed by atoms with Crippen molar-refractivity contribution < 1.29 is 0 Å². The number of imidazole rings is 1. The normalized spacial score (nSPS) is 10.4. The second kappa shape index (κ2) is 3.18. The van der Waals surface area contributed by atoms with E-state index in [0.29, 0.717) is 0 Å². The fraction of sp³-hybridized carbons (Fsp3) is 0.182. The molecule has 2 rings (SSSR count). The van der Waals surface area contributed by atoms with Gasteiger partial charge in [-0.3, -0.25) is 0 Å². The summed E-state index contributed by atoms with van der Waals surface area (Å²) in [6.45, 7) is 2.00. The van der Waals surface area contributed by atoms with Crippen LogP contribution < -0.4 is 5.73 Å². The second-order valence-electron chi connectivity index (χ2n) is 3.43. The molecule has 1 heterocycles. The Labute approximate surface area is 83.2 Å². The summed E-state index contributed by atoms with van der Waals surface area (Å²) < 4.78 is 1.99. The van der Waals surface area contributed by atoms with Crippen LogP contribution in [0.5, 0.6) is 0 Å². The molecule has 0 bridgehead atoms. The summed E-state index contributed by atoms with van der Waals surface area (Å²) >= 11 is 0. The molecule has 0 atom stereocenters. The lowest BCUT2D eigenvalue weighted by molar-refractivity contribution is 0.924. The van der Waals surface area contributed by atoms with Crippen LogP contribution in [0.2, 0.25) is 0 Å². The maximum atomic E-state index is 5.75. The number of nitrogens with two attached hydrogens (primary N) is 1. The van der Waals surface area contributed by atoms with E-state index in [4.69, 9.17) is 5.73 Å². The first-order chi connectivity index (χ1) is 6.68. The van der Waals surface area contributed by atoms with E-state index in [1.165, 1.54) is 0 Å². The van der Waals surface area contributed by atoms with E-state index in [9.17, 15) is 0 Å². The number of rotatable bonds is 1. The summed E-state index contributed by atoms with van der Waals surface area (Å²) in [7, 11) is 1.98. The van der Waals surface area contributed by atoms with Gasteiger partial charge in [-0.25, -0.2) is 4.98 Å². The van der Waals surface area contributed by atoms with Gasteiger partial charge in [0.25, 0.3) is 0 Å². The summed E-state index contributed by atoms with van der Waals surface area (Å²) in [4.78, 5) is 4.28. The number of hydrogen-bond acceptors (Lipinski definition) is 2. The molecule has 0 aliphatic heterocycles. The Morgan fingerprint density at radius 2 is 2.14 bits per heavy atom. The average Bonchev–Trinajstić information content (AvgIpc) is 2.57. The van der Waals surface area contributed by atoms with Crippen molar-refractivity contribution in [2.24, 2.45) is 7.05 Å². The minimum atomic E-state index is 0.822. The SMILES string of the molecule is Cc1cc(-c2nccn2C)ccc1N. The van der Waals surface area contributed by atoms with E-state index >= 15 is 0 Å². The lowest BCUT2D eigenvalue weighted by atomic mass is 10.1. The highest BCUT2D eigenvalue weighted by Gasteiger charge is 2.03. The summed E-state index contributed by atoms with van der Waals surface area (Å²) in [6, 6.07) is 5.96. The monoisotopic (exact) mass is 187 g/mol. The van der Waals surface area contributed by atoms with Gasteiger partial charge in [0.15, 0.2) is 0 Å². The van der Waals surface area contributed by atoms with Crippen molar-refractivity contribution in [3.8, 4) is 11.4 Å². The Balaban J connectivity index is 2.53. The number of anilines is 1. The Kier molecular flexibility index (Phi) is 2.00. The lowest BCUT2D eigenvalue weighted by Gasteiger charge is -2.04. The molecule has 72 valence electrons. The van der Waals surface area contributed by atoms with Crippen molar-refractivity contribution in [3.63, 3.8) is 0 Å². The number of benzene rings is 1. The molecule has 0 saturated heterocycles. The molecule has 3 heteroatoms. The summed E-state index contributed by atoms with van der Waals surface area (Å²) in [5.74, 6) is 0.966. The van der Waals surface area contributed by atoms with Crippen molar-refractivity contribution in [1.29, 1.82) is 0 Å². The maximum Gasteiger partial charge on any atom is 0.139 e. The molecular weight excluding hydrogens is 174 g/mol. The molecule has 2 N–H and O–H groups in total. The first-order valence-electron chi connectivity index (χ1n) is 4.52. The van der Waals surface area contributed by atoms with Gasteiger partial charge in [0.2, 0.25) is 0 Å². The molecule has 3 nitrogen and oxygen atoms in total. The van der Waals surface area contributed by atoms with Gasteiger partial charge >= 0.3 is 0 Å². The fourth-order valence-corrected chi connectivity index (χ4v) is 1.46. The van der Waals surface area contributed by atoms with Crippen LogP contribution in [-0.2, 0) is 7.05 Å². The number of nitrogens with zero attached hydrogens (tertiary/aromatic N) is 2. The van der Waals surface area contributed by atoms with E-state index in [-0.39, 0.29) is 0 Å². The van der Waals surface area contributed by atoms with Crippen molar-refractivity contribution in [2.75, 3.05) is 5.73 Å². The number of nitrogen functional groups attached to an aromatic ring is 1. The molecule has 1 aromatic carbocycles. The standard InChI is InChI=1S/C11H13N3/c1-8-7-9(3-4-10(8)12)11-13-5-6-14(11)2/h3-7H,12H2,1-2H3. The molecule has 1 aromatic heterocycles. The van der Waals surface area contributed by atoms with E-state index in [2.05, 4.69) is 11.1 Å². The molecule has 0 saturated carbocycles. The molecule has 0 amide bonds. The van der Waals surface area contributed by atoms with Crippen molar-refractivity contribution >= 4 is 5.69 Å². The maximum absolute atomic E-state index is 5.75. The number of aromatic nitrogens is 2. The van der Waals surface area contributed by atoms with Crippen molar-refractivity contribution in [2.45, 2.75) is 6.92 Å². The van der Waals surface area contributed by atoms with Crippen LogP contribution in [0, 0.1) is 6.92 Å². The zero-order valence-corrected chi connectivity index (χ0v) is 8.36. The van der Waals surface area contributed by atoms with Crippen LogP contribution >= 0.6 is 0 Å². The zero-order chi connectivity index (χ0) is 10.1. The number of aryl methyl sites for hydroxylation is 2. The van der Waals surface area contributed by atoms with Gasteiger partial charge in [0.1, 0.15) is 5.82 Å². The molecule has 0 fully saturated rings. The Morgan fingerprint density at radius 1 is 1.36 bits per heavy atom. The van der Waals surface area contributed by atoms with Crippen LogP contribution in [0.25, 0.3) is 11.4 Å². The van der Waals surface area contributed by atoms with Gasteiger partial charge in [-0.1, -0.05) is 0 Å². The molecule has 0 spiro atoms. The summed E-state index contributed by atoms with van der Waals surface area (Å²) in [5, 5.41) is 0. The van der Waals surface area contributed by atoms with Crippen LogP contribution in [0.1, 0.15) is 5.56 Å². The third kappa shape index (κ3) is 1.37. The summed E-state index contributed by atoms with van der Waals surface area (Å²) in [5.41, 5.74) is 8.76. The first kappa shape index (κ1) is 8.81. The second-order valence-corrected chi connectivity index (χ2v) is 3.43. The van der Waals surface area contributed by atoms with Crippen LogP contribution in [0.15, 0.2) is 30.6 Å². The van der Waals surface area contributed by atoms with Crippen molar-refractivity contribution in [1.82, 2.24) is 9.55 Å². The predicted molar refractivity (Wildman–Crippen MR) is 57.8 cm³/mol. The van der Waals surface area contributed by atoms with Crippen LogP contribution in [-0.4, -0.2) is 9.55 Å². The first-order valence-corrected chi connectivity index (χ1v) is 4.52. The Hall–Kier alpha value is -1.77. The third-order valence-electron chi connectivity index (χ3n) is 2.35.